The Labute approximate surface area is 128 Å². The summed E-state index contributed by atoms with van der Waals surface area (Å²) < 4.78 is 6.82. The van der Waals surface area contributed by atoms with Crippen LogP contribution >= 0.6 is 0 Å². The third kappa shape index (κ3) is 3.15. The van der Waals surface area contributed by atoms with E-state index in [9.17, 15) is 5.11 Å². The third-order valence-corrected chi connectivity index (χ3v) is 3.41. The van der Waals surface area contributed by atoms with Gasteiger partial charge in [0, 0.05) is 5.56 Å². The quantitative estimate of drug-likeness (QED) is 0.786. The van der Waals surface area contributed by atoms with Crippen LogP contribution in [0.25, 0.3) is 11.4 Å². The number of aromatic nitrogens is 3. The van der Waals surface area contributed by atoms with Crippen molar-refractivity contribution in [3.63, 3.8) is 0 Å². The molecule has 0 radical (unpaired) electrons. The molecule has 2 aromatic carbocycles. The molecule has 0 saturated carbocycles. The largest absolute Gasteiger partial charge is 0.497 e. The SMILES string of the molecule is COc1cccc(C(O)Cn2cnc(-c3ccccc3)n2)c1. The summed E-state index contributed by atoms with van der Waals surface area (Å²) in [4.78, 5) is 4.28. The first-order valence-corrected chi connectivity index (χ1v) is 7.03. The van der Waals surface area contributed by atoms with Crippen molar-refractivity contribution in [2.75, 3.05) is 7.11 Å². The van der Waals surface area contributed by atoms with Gasteiger partial charge in [0.2, 0.25) is 0 Å². The molecule has 1 atom stereocenters. The van der Waals surface area contributed by atoms with Crippen LogP contribution in [0, 0.1) is 0 Å². The zero-order valence-corrected chi connectivity index (χ0v) is 12.3. The van der Waals surface area contributed by atoms with Crippen LogP contribution < -0.4 is 4.74 Å². The number of benzene rings is 2. The fourth-order valence-corrected chi connectivity index (χ4v) is 2.23. The lowest BCUT2D eigenvalue weighted by Gasteiger charge is -2.11. The Balaban J connectivity index is 1.74. The fourth-order valence-electron chi connectivity index (χ4n) is 2.23. The summed E-state index contributed by atoms with van der Waals surface area (Å²) in [5.74, 6) is 1.37. The van der Waals surface area contributed by atoms with Crippen LogP contribution in [-0.4, -0.2) is 27.0 Å². The molecule has 1 N–H and O–H groups in total. The van der Waals surface area contributed by atoms with Crippen molar-refractivity contribution in [2.24, 2.45) is 0 Å². The number of hydrogen-bond donors (Lipinski definition) is 1. The molecule has 0 fully saturated rings. The first-order valence-electron chi connectivity index (χ1n) is 7.03. The monoisotopic (exact) mass is 295 g/mol. The van der Waals surface area contributed by atoms with Crippen molar-refractivity contribution in [3.8, 4) is 17.1 Å². The maximum atomic E-state index is 10.3. The molecule has 112 valence electrons. The first-order chi connectivity index (χ1) is 10.8. The molecule has 0 aliphatic rings. The summed E-state index contributed by atoms with van der Waals surface area (Å²) in [7, 11) is 1.61. The molecule has 0 bridgehead atoms. The zero-order valence-electron chi connectivity index (χ0n) is 12.3. The summed E-state index contributed by atoms with van der Waals surface area (Å²) in [6, 6.07) is 17.1. The van der Waals surface area contributed by atoms with Crippen molar-refractivity contribution in [1.82, 2.24) is 14.8 Å². The van der Waals surface area contributed by atoms with Gasteiger partial charge in [-0.25, -0.2) is 9.67 Å². The van der Waals surface area contributed by atoms with Gasteiger partial charge in [0.05, 0.1) is 19.8 Å². The van der Waals surface area contributed by atoms with E-state index in [0.29, 0.717) is 12.4 Å². The predicted octanol–water partition coefficient (Wildman–Crippen LogP) is 2.69. The highest BCUT2D eigenvalue weighted by Gasteiger charge is 2.11. The Bertz CT molecular complexity index is 740. The number of rotatable bonds is 5. The van der Waals surface area contributed by atoms with Crippen LogP contribution in [0.5, 0.6) is 5.75 Å². The minimum Gasteiger partial charge on any atom is -0.497 e. The van der Waals surface area contributed by atoms with Gasteiger partial charge in [-0.2, -0.15) is 5.10 Å². The van der Waals surface area contributed by atoms with E-state index < -0.39 is 6.10 Å². The van der Waals surface area contributed by atoms with Gasteiger partial charge in [-0.3, -0.25) is 0 Å². The minimum atomic E-state index is -0.666. The van der Waals surface area contributed by atoms with Crippen molar-refractivity contribution in [2.45, 2.75) is 12.6 Å². The minimum absolute atomic E-state index is 0.340. The van der Waals surface area contributed by atoms with Gasteiger partial charge in [-0.05, 0) is 17.7 Å². The Kier molecular flexibility index (Phi) is 4.16. The number of aliphatic hydroxyl groups excluding tert-OH is 1. The average molecular weight is 295 g/mol. The fraction of sp³-hybridized carbons (Fsp3) is 0.176. The Morgan fingerprint density at radius 3 is 2.73 bits per heavy atom. The normalized spacial score (nSPS) is 12.1. The third-order valence-electron chi connectivity index (χ3n) is 3.41. The standard InChI is InChI=1S/C17H17N3O2/c1-22-15-9-5-8-14(10-15)16(21)11-20-12-18-17(19-20)13-6-3-2-4-7-13/h2-10,12,16,21H,11H2,1H3. The number of hydrogen-bond acceptors (Lipinski definition) is 4. The Morgan fingerprint density at radius 1 is 1.14 bits per heavy atom. The van der Waals surface area contributed by atoms with Gasteiger partial charge in [-0.1, -0.05) is 42.5 Å². The van der Waals surface area contributed by atoms with Crippen LogP contribution in [0.4, 0.5) is 0 Å². The summed E-state index contributed by atoms with van der Waals surface area (Å²) in [5.41, 5.74) is 1.74. The van der Waals surface area contributed by atoms with E-state index in [0.717, 1.165) is 16.9 Å². The van der Waals surface area contributed by atoms with E-state index >= 15 is 0 Å². The van der Waals surface area contributed by atoms with Gasteiger partial charge in [0.25, 0.3) is 0 Å². The molecule has 1 aromatic heterocycles. The van der Waals surface area contributed by atoms with Crippen LogP contribution in [0.1, 0.15) is 11.7 Å². The summed E-state index contributed by atoms with van der Waals surface area (Å²) >= 11 is 0. The average Bonchev–Trinajstić information content (AvgIpc) is 3.04. The van der Waals surface area contributed by atoms with E-state index in [-0.39, 0.29) is 0 Å². The second kappa shape index (κ2) is 6.41. The molecule has 22 heavy (non-hydrogen) atoms. The van der Waals surface area contributed by atoms with Gasteiger partial charge in [0.1, 0.15) is 12.1 Å². The van der Waals surface area contributed by atoms with E-state index in [1.165, 1.54) is 0 Å². The maximum absolute atomic E-state index is 10.3. The summed E-state index contributed by atoms with van der Waals surface area (Å²) in [6.45, 7) is 0.340. The molecule has 0 amide bonds. The van der Waals surface area contributed by atoms with Crippen LogP contribution in [0.2, 0.25) is 0 Å². The van der Waals surface area contributed by atoms with E-state index in [2.05, 4.69) is 10.1 Å². The highest BCUT2D eigenvalue weighted by atomic mass is 16.5. The number of nitrogens with zero attached hydrogens (tertiary/aromatic N) is 3. The summed E-state index contributed by atoms with van der Waals surface area (Å²) in [5, 5.41) is 14.7. The molecule has 1 unspecified atom stereocenters. The molecule has 5 heteroatoms. The molecule has 5 nitrogen and oxygen atoms in total. The lowest BCUT2D eigenvalue weighted by atomic mass is 10.1. The number of ether oxygens (including phenoxy) is 1. The maximum Gasteiger partial charge on any atom is 0.181 e. The lowest BCUT2D eigenvalue weighted by molar-refractivity contribution is 0.151. The van der Waals surface area contributed by atoms with Crippen molar-refractivity contribution in [1.29, 1.82) is 0 Å². The highest BCUT2D eigenvalue weighted by Crippen LogP contribution is 2.20. The second-order valence-electron chi connectivity index (χ2n) is 4.95. The topological polar surface area (TPSA) is 60.2 Å². The predicted molar refractivity (Wildman–Crippen MR) is 83.4 cm³/mol. The molecule has 0 aliphatic heterocycles. The molecular formula is C17H17N3O2. The van der Waals surface area contributed by atoms with Crippen LogP contribution in [0.3, 0.4) is 0 Å². The Morgan fingerprint density at radius 2 is 1.95 bits per heavy atom. The molecular weight excluding hydrogens is 278 g/mol. The number of aliphatic hydroxyl groups is 1. The first kappa shape index (κ1) is 14.3. The van der Waals surface area contributed by atoms with E-state index in [4.69, 9.17) is 4.74 Å². The molecule has 3 aromatic rings. The Hall–Kier alpha value is -2.66. The second-order valence-corrected chi connectivity index (χ2v) is 4.95. The van der Waals surface area contributed by atoms with Crippen molar-refractivity contribution >= 4 is 0 Å². The smallest absolute Gasteiger partial charge is 0.181 e. The van der Waals surface area contributed by atoms with Crippen LogP contribution in [-0.2, 0) is 6.54 Å². The lowest BCUT2D eigenvalue weighted by Crippen LogP contribution is -2.09. The van der Waals surface area contributed by atoms with Gasteiger partial charge in [-0.15, -0.1) is 0 Å². The molecule has 0 spiro atoms. The zero-order chi connectivity index (χ0) is 15.4. The van der Waals surface area contributed by atoms with E-state index in [1.807, 2.05) is 54.6 Å². The summed E-state index contributed by atoms with van der Waals surface area (Å²) in [6.07, 6.45) is 0.964. The molecule has 0 saturated heterocycles. The molecule has 1 heterocycles. The van der Waals surface area contributed by atoms with Crippen LogP contribution in [0.15, 0.2) is 60.9 Å². The highest BCUT2D eigenvalue weighted by molar-refractivity contribution is 5.53. The molecule has 0 aliphatic carbocycles. The van der Waals surface area contributed by atoms with Gasteiger partial charge < -0.3 is 9.84 Å². The van der Waals surface area contributed by atoms with Gasteiger partial charge >= 0.3 is 0 Å². The molecule has 3 rings (SSSR count). The van der Waals surface area contributed by atoms with Gasteiger partial charge in [0.15, 0.2) is 5.82 Å². The van der Waals surface area contributed by atoms with Crippen molar-refractivity contribution < 1.29 is 9.84 Å². The number of methoxy groups -OCH3 is 1. The van der Waals surface area contributed by atoms with E-state index in [1.54, 1.807) is 18.1 Å². The van der Waals surface area contributed by atoms with Crippen molar-refractivity contribution in [3.05, 3.63) is 66.5 Å².